The molecule has 1 aliphatic heterocycles. The Morgan fingerprint density at radius 2 is 1.86 bits per heavy atom. The first-order chi connectivity index (χ1) is 13.5. The van der Waals surface area contributed by atoms with E-state index in [0.29, 0.717) is 6.07 Å². The lowest BCUT2D eigenvalue weighted by Crippen LogP contribution is -2.38. The summed E-state index contributed by atoms with van der Waals surface area (Å²) >= 11 is 0. The fourth-order valence-electron chi connectivity index (χ4n) is 2.71. The van der Waals surface area contributed by atoms with Crippen LogP contribution in [0.2, 0.25) is 0 Å². The van der Waals surface area contributed by atoms with Crippen molar-refractivity contribution in [3.8, 4) is 5.75 Å². The molecule has 1 amide bonds. The largest absolute Gasteiger partial charge is 0.489 e. The third-order valence-corrected chi connectivity index (χ3v) is 5.71. The molecule has 0 saturated carbocycles. The summed E-state index contributed by atoms with van der Waals surface area (Å²) in [5.74, 6) is -2.13. The van der Waals surface area contributed by atoms with Crippen LogP contribution in [0, 0.1) is 11.6 Å². The standard InChI is InChI=1S/C19H20F2N2O5S/c1-19(2,3)28-18(24)22-12-4-7-17-16(10-12)23(8-9-27-17)29(25,26)13-5-6-14(20)15(21)11-13/h4-7,10-11H,8-9H2,1-3H3,(H,22,24). The average molecular weight is 426 g/mol. The second-order valence-corrected chi connectivity index (χ2v) is 9.17. The van der Waals surface area contributed by atoms with E-state index in [-0.39, 0.29) is 30.3 Å². The molecule has 2 aromatic rings. The summed E-state index contributed by atoms with van der Waals surface area (Å²) in [4.78, 5) is 11.6. The maximum Gasteiger partial charge on any atom is 0.412 e. The molecule has 2 aromatic carbocycles. The van der Waals surface area contributed by atoms with Gasteiger partial charge in [-0.05, 0) is 57.2 Å². The first-order valence-corrected chi connectivity index (χ1v) is 10.2. The van der Waals surface area contributed by atoms with Gasteiger partial charge in [0.2, 0.25) is 0 Å². The van der Waals surface area contributed by atoms with Crippen molar-refractivity contribution in [2.24, 2.45) is 0 Å². The molecule has 0 aliphatic carbocycles. The normalized spacial score (nSPS) is 14.0. The van der Waals surface area contributed by atoms with Crippen LogP contribution in [0.25, 0.3) is 0 Å². The van der Waals surface area contributed by atoms with Crippen LogP contribution < -0.4 is 14.4 Å². The van der Waals surface area contributed by atoms with Crippen molar-refractivity contribution in [3.05, 3.63) is 48.0 Å². The lowest BCUT2D eigenvalue weighted by Gasteiger charge is -2.31. The van der Waals surface area contributed by atoms with Crippen molar-refractivity contribution in [2.45, 2.75) is 31.3 Å². The number of carbonyl (C=O) groups is 1. The van der Waals surface area contributed by atoms with Crippen LogP contribution in [0.3, 0.4) is 0 Å². The van der Waals surface area contributed by atoms with Gasteiger partial charge in [0.25, 0.3) is 10.0 Å². The molecule has 0 bridgehead atoms. The zero-order valence-corrected chi connectivity index (χ0v) is 16.8. The average Bonchev–Trinajstić information content (AvgIpc) is 2.61. The highest BCUT2D eigenvalue weighted by Crippen LogP contribution is 2.37. The number of hydrogen-bond donors (Lipinski definition) is 1. The summed E-state index contributed by atoms with van der Waals surface area (Å²) in [6.45, 7) is 5.18. The molecule has 29 heavy (non-hydrogen) atoms. The second kappa shape index (κ2) is 7.51. The van der Waals surface area contributed by atoms with E-state index in [9.17, 15) is 22.0 Å². The van der Waals surface area contributed by atoms with E-state index in [2.05, 4.69) is 5.32 Å². The molecule has 156 valence electrons. The molecule has 3 rings (SSSR count). The number of nitrogens with one attached hydrogen (secondary N) is 1. The maximum atomic E-state index is 13.6. The van der Waals surface area contributed by atoms with Crippen molar-refractivity contribution < 1.29 is 31.5 Å². The van der Waals surface area contributed by atoms with E-state index in [4.69, 9.17) is 9.47 Å². The van der Waals surface area contributed by atoms with E-state index >= 15 is 0 Å². The van der Waals surface area contributed by atoms with E-state index in [0.717, 1.165) is 16.4 Å². The minimum absolute atomic E-state index is 0.0375. The molecule has 1 heterocycles. The predicted molar refractivity (Wildman–Crippen MR) is 103 cm³/mol. The van der Waals surface area contributed by atoms with Crippen LogP contribution in [0.5, 0.6) is 5.75 Å². The van der Waals surface area contributed by atoms with Crippen molar-refractivity contribution in [2.75, 3.05) is 22.8 Å². The Bertz CT molecular complexity index is 1050. The van der Waals surface area contributed by atoms with Gasteiger partial charge in [0.1, 0.15) is 18.0 Å². The molecule has 0 radical (unpaired) electrons. The Labute approximate surface area is 167 Å². The first-order valence-electron chi connectivity index (χ1n) is 8.72. The molecule has 0 fully saturated rings. The van der Waals surface area contributed by atoms with Crippen molar-refractivity contribution in [1.82, 2.24) is 0 Å². The maximum absolute atomic E-state index is 13.6. The molecule has 0 spiro atoms. The molecule has 0 aromatic heterocycles. The lowest BCUT2D eigenvalue weighted by molar-refractivity contribution is 0.0636. The molecule has 0 unspecified atom stereocenters. The van der Waals surface area contributed by atoms with Crippen molar-refractivity contribution >= 4 is 27.5 Å². The highest BCUT2D eigenvalue weighted by Gasteiger charge is 2.31. The summed E-state index contributed by atoms with van der Waals surface area (Å²) in [6.07, 6.45) is -0.704. The third kappa shape index (κ3) is 4.58. The number of halogens is 2. The summed E-state index contributed by atoms with van der Waals surface area (Å²) < 4.78 is 64.5. The number of ether oxygens (including phenoxy) is 2. The van der Waals surface area contributed by atoms with Gasteiger partial charge in [0.15, 0.2) is 11.6 Å². The zero-order chi connectivity index (χ0) is 21.4. The smallest absolute Gasteiger partial charge is 0.412 e. The molecule has 10 heteroatoms. The highest BCUT2D eigenvalue weighted by atomic mass is 32.2. The topological polar surface area (TPSA) is 84.9 Å². The van der Waals surface area contributed by atoms with E-state index in [1.807, 2.05) is 0 Å². The Morgan fingerprint density at radius 1 is 1.14 bits per heavy atom. The Morgan fingerprint density at radius 3 is 2.52 bits per heavy atom. The number of hydrogen-bond acceptors (Lipinski definition) is 5. The molecule has 1 aliphatic rings. The zero-order valence-electron chi connectivity index (χ0n) is 16.0. The number of rotatable bonds is 3. The van der Waals surface area contributed by atoms with Gasteiger partial charge in [-0.3, -0.25) is 9.62 Å². The van der Waals surface area contributed by atoms with Gasteiger partial charge >= 0.3 is 6.09 Å². The number of benzene rings is 2. The number of anilines is 2. The van der Waals surface area contributed by atoms with Gasteiger partial charge in [0.05, 0.1) is 17.1 Å². The van der Waals surface area contributed by atoms with Gasteiger partial charge in [-0.1, -0.05) is 0 Å². The monoisotopic (exact) mass is 426 g/mol. The van der Waals surface area contributed by atoms with Crippen molar-refractivity contribution in [1.29, 1.82) is 0 Å². The number of amides is 1. The van der Waals surface area contributed by atoms with Gasteiger partial charge < -0.3 is 9.47 Å². The quantitative estimate of drug-likeness (QED) is 0.805. The SMILES string of the molecule is CC(C)(C)OC(=O)Nc1ccc2c(c1)N(S(=O)(=O)c1ccc(F)c(F)c1)CCO2. The minimum atomic E-state index is -4.19. The number of fused-ring (bicyclic) bond motifs is 1. The van der Waals surface area contributed by atoms with Gasteiger partial charge in [-0.15, -0.1) is 0 Å². The molecular weight excluding hydrogens is 406 g/mol. The van der Waals surface area contributed by atoms with Crippen LogP contribution >= 0.6 is 0 Å². The third-order valence-electron chi connectivity index (χ3n) is 3.90. The minimum Gasteiger partial charge on any atom is -0.489 e. The number of sulfonamides is 1. The first kappa shape index (κ1) is 20.8. The van der Waals surface area contributed by atoms with E-state index in [1.165, 1.54) is 18.2 Å². The van der Waals surface area contributed by atoms with E-state index < -0.39 is 38.2 Å². The fraction of sp³-hybridized carbons (Fsp3) is 0.316. The van der Waals surface area contributed by atoms with Crippen LogP contribution in [0.15, 0.2) is 41.3 Å². The van der Waals surface area contributed by atoms with Crippen LogP contribution in [0.1, 0.15) is 20.8 Å². The van der Waals surface area contributed by atoms with Crippen LogP contribution in [0.4, 0.5) is 25.0 Å². The predicted octanol–water partition coefficient (Wildman–Crippen LogP) is 3.90. The Hall–Kier alpha value is -2.88. The van der Waals surface area contributed by atoms with Gasteiger partial charge in [0, 0.05) is 5.69 Å². The summed E-state index contributed by atoms with van der Waals surface area (Å²) in [6, 6.07) is 6.83. The second-order valence-electron chi connectivity index (χ2n) is 7.31. The number of carbonyl (C=O) groups excluding carboxylic acids is 1. The van der Waals surface area contributed by atoms with E-state index in [1.54, 1.807) is 20.8 Å². The molecule has 1 N–H and O–H groups in total. The Balaban J connectivity index is 1.94. The molecule has 0 saturated heterocycles. The number of nitrogens with zero attached hydrogens (tertiary/aromatic N) is 1. The lowest BCUT2D eigenvalue weighted by atomic mass is 10.2. The summed E-state index contributed by atoms with van der Waals surface area (Å²) in [5, 5.41) is 2.53. The molecule has 7 nitrogen and oxygen atoms in total. The summed E-state index contributed by atoms with van der Waals surface area (Å²) in [7, 11) is -4.19. The molecular formula is C19H20F2N2O5S. The fourth-order valence-corrected chi connectivity index (χ4v) is 4.17. The summed E-state index contributed by atoms with van der Waals surface area (Å²) in [5.41, 5.74) is -0.257. The van der Waals surface area contributed by atoms with Gasteiger partial charge in [-0.2, -0.15) is 0 Å². The van der Waals surface area contributed by atoms with Crippen molar-refractivity contribution in [3.63, 3.8) is 0 Å². The van der Waals surface area contributed by atoms with Crippen LogP contribution in [-0.2, 0) is 14.8 Å². The molecule has 0 atom stereocenters. The Kier molecular flexibility index (Phi) is 5.40. The van der Waals surface area contributed by atoms with Gasteiger partial charge in [-0.25, -0.2) is 22.0 Å². The van der Waals surface area contributed by atoms with Crippen LogP contribution in [-0.4, -0.2) is 33.3 Å². The highest BCUT2D eigenvalue weighted by molar-refractivity contribution is 7.92.